The average molecular weight is 447 g/mol. The normalized spacial score (nSPS) is 17.9. The maximum absolute atomic E-state index is 13.4. The fourth-order valence-electron chi connectivity index (χ4n) is 4.66. The van der Waals surface area contributed by atoms with Crippen molar-refractivity contribution < 1.29 is 19.4 Å². The lowest BCUT2D eigenvalue weighted by Crippen LogP contribution is -2.70. The molecule has 1 aliphatic carbocycles. The van der Waals surface area contributed by atoms with Gasteiger partial charge in [0.05, 0.1) is 16.8 Å². The number of fused-ring (bicyclic) bond motifs is 3. The smallest absolute Gasteiger partial charge is 0.337 e. The zero-order valence-corrected chi connectivity index (χ0v) is 18.8. The number of aromatic nitrogens is 2. The second kappa shape index (κ2) is 7.32. The quantitative estimate of drug-likeness (QED) is 0.486. The standard InChI is InChI=1S/C22H27ClN4O4/c1-21(2,3)31-20(30)16(22(24)9-25-10-22)18-15(19(28)29)12-6-5-11-8-26-14(23)7-13(11)17(12)27(18)4/h7-8,16,25H,5-6,9-10,24H2,1-4H3,(H,28,29). The molecule has 2 aliphatic rings. The number of nitrogens with zero attached hydrogens (tertiary/aromatic N) is 2. The lowest BCUT2D eigenvalue weighted by Gasteiger charge is -2.44. The summed E-state index contributed by atoms with van der Waals surface area (Å²) < 4.78 is 7.49. The maximum atomic E-state index is 13.4. The Morgan fingerprint density at radius 1 is 1.35 bits per heavy atom. The Morgan fingerprint density at radius 3 is 2.58 bits per heavy atom. The van der Waals surface area contributed by atoms with Gasteiger partial charge in [-0.25, -0.2) is 9.78 Å². The van der Waals surface area contributed by atoms with Crippen LogP contribution in [0.15, 0.2) is 12.3 Å². The number of ether oxygens (including phenoxy) is 1. The van der Waals surface area contributed by atoms with Crippen molar-refractivity contribution in [3.05, 3.63) is 39.8 Å². The Labute approximate surface area is 185 Å². The molecule has 8 nitrogen and oxygen atoms in total. The van der Waals surface area contributed by atoms with Gasteiger partial charge in [-0.05, 0) is 50.8 Å². The molecular formula is C22H27ClN4O4. The van der Waals surface area contributed by atoms with Gasteiger partial charge in [-0.3, -0.25) is 4.79 Å². The highest BCUT2D eigenvalue weighted by Crippen LogP contribution is 2.44. The molecule has 31 heavy (non-hydrogen) atoms. The molecule has 0 bridgehead atoms. The molecular weight excluding hydrogens is 420 g/mol. The molecule has 0 radical (unpaired) electrons. The molecule has 0 spiro atoms. The van der Waals surface area contributed by atoms with E-state index in [0.717, 1.165) is 16.8 Å². The molecule has 1 fully saturated rings. The minimum atomic E-state index is -1.08. The van der Waals surface area contributed by atoms with Crippen molar-refractivity contribution in [2.75, 3.05) is 13.1 Å². The van der Waals surface area contributed by atoms with E-state index in [1.165, 1.54) is 0 Å². The highest BCUT2D eigenvalue weighted by Gasteiger charge is 2.51. The molecule has 1 aliphatic heterocycles. The van der Waals surface area contributed by atoms with Crippen LogP contribution in [0.5, 0.6) is 0 Å². The van der Waals surface area contributed by atoms with Crippen molar-refractivity contribution in [2.45, 2.75) is 50.7 Å². The van der Waals surface area contributed by atoms with Gasteiger partial charge in [0.2, 0.25) is 0 Å². The summed E-state index contributed by atoms with van der Waals surface area (Å²) in [7, 11) is 1.77. The third-order valence-electron chi connectivity index (χ3n) is 6.01. The fourth-order valence-corrected chi connectivity index (χ4v) is 4.82. The first-order valence-corrected chi connectivity index (χ1v) is 10.6. The predicted molar refractivity (Wildman–Crippen MR) is 116 cm³/mol. The van der Waals surface area contributed by atoms with E-state index in [1.807, 2.05) is 0 Å². The van der Waals surface area contributed by atoms with Gasteiger partial charge in [0, 0.05) is 37.6 Å². The van der Waals surface area contributed by atoms with Gasteiger partial charge in [-0.2, -0.15) is 0 Å². The van der Waals surface area contributed by atoms with Crippen LogP contribution in [0, 0.1) is 0 Å². The summed E-state index contributed by atoms with van der Waals surface area (Å²) in [6, 6.07) is 1.75. The van der Waals surface area contributed by atoms with Crippen LogP contribution in [0.4, 0.5) is 0 Å². The van der Waals surface area contributed by atoms with Gasteiger partial charge in [0.25, 0.3) is 0 Å². The van der Waals surface area contributed by atoms with E-state index in [-0.39, 0.29) is 5.56 Å². The highest BCUT2D eigenvalue weighted by atomic mass is 35.5. The first-order chi connectivity index (χ1) is 14.4. The molecule has 9 heteroatoms. The van der Waals surface area contributed by atoms with Crippen LogP contribution in [0.25, 0.3) is 11.3 Å². The summed E-state index contributed by atoms with van der Waals surface area (Å²) in [6.45, 7) is 6.12. The van der Waals surface area contributed by atoms with Crippen molar-refractivity contribution in [3.63, 3.8) is 0 Å². The third-order valence-corrected chi connectivity index (χ3v) is 6.21. The minimum absolute atomic E-state index is 0.128. The molecule has 1 saturated heterocycles. The molecule has 2 aromatic heterocycles. The number of aryl methyl sites for hydroxylation is 1. The van der Waals surface area contributed by atoms with E-state index in [4.69, 9.17) is 22.1 Å². The lowest BCUT2D eigenvalue weighted by molar-refractivity contribution is -0.159. The van der Waals surface area contributed by atoms with Crippen LogP contribution in [-0.4, -0.2) is 50.8 Å². The van der Waals surface area contributed by atoms with Gasteiger partial charge in [-0.1, -0.05) is 11.6 Å². The molecule has 0 saturated carbocycles. The van der Waals surface area contributed by atoms with Crippen LogP contribution in [-0.2, 0) is 29.4 Å². The zero-order chi connectivity index (χ0) is 22.7. The average Bonchev–Trinajstić information content (AvgIpc) is 2.92. The number of rotatable bonds is 4. The van der Waals surface area contributed by atoms with Crippen molar-refractivity contribution in [2.24, 2.45) is 12.8 Å². The van der Waals surface area contributed by atoms with Crippen molar-refractivity contribution in [1.82, 2.24) is 14.9 Å². The summed E-state index contributed by atoms with van der Waals surface area (Å²) in [5.74, 6) is -2.54. The lowest BCUT2D eigenvalue weighted by atomic mass is 9.76. The number of pyridine rings is 1. The van der Waals surface area contributed by atoms with Crippen molar-refractivity contribution in [1.29, 1.82) is 0 Å². The Kier molecular flexibility index (Phi) is 5.15. The van der Waals surface area contributed by atoms with E-state index in [1.54, 1.807) is 44.6 Å². The monoisotopic (exact) mass is 446 g/mol. The number of hydrogen-bond donors (Lipinski definition) is 3. The van der Waals surface area contributed by atoms with Crippen LogP contribution >= 0.6 is 11.6 Å². The van der Waals surface area contributed by atoms with Crippen molar-refractivity contribution >= 4 is 23.5 Å². The van der Waals surface area contributed by atoms with Crippen LogP contribution in [0.3, 0.4) is 0 Å². The van der Waals surface area contributed by atoms with Gasteiger partial charge in [-0.15, -0.1) is 0 Å². The summed E-state index contributed by atoms with van der Waals surface area (Å²) in [6.07, 6.45) is 2.89. The summed E-state index contributed by atoms with van der Waals surface area (Å²) in [4.78, 5) is 30.0. The molecule has 0 amide bonds. The number of halogens is 1. The van der Waals surface area contributed by atoms with E-state index in [9.17, 15) is 14.7 Å². The largest absolute Gasteiger partial charge is 0.478 e. The summed E-state index contributed by atoms with van der Waals surface area (Å²) in [5.41, 5.74) is 8.68. The molecule has 166 valence electrons. The second-order valence-electron chi connectivity index (χ2n) is 9.42. The predicted octanol–water partition coefficient (Wildman–Crippen LogP) is 2.26. The molecule has 1 unspecified atom stereocenters. The molecule has 4 rings (SSSR count). The number of hydrogen-bond acceptors (Lipinski definition) is 6. The number of carbonyl (C=O) groups excluding carboxylic acids is 1. The van der Waals surface area contributed by atoms with Crippen LogP contribution in [0.1, 0.15) is 53.9 Å². The first kappa shape index (κ1) is 21.8. The molecule has 0 aromatic carbocycles. The molecule has 4 N–H and O–H groups in total. The number of aromatic carboxylic acids is 1. The number of carboxylic acids is 1. The van der Waals surface area contributed by atoms with E-state index in [2.05, 4.69) is 10.3 Å². The number of esters is 1. The maximum Gasteiger partial charge on any atom is 0.337 e. The summed E-state index contributed by atoms with van der Waals surface area (Å²) in [5, 5.41) is 13.6. The number of carboxylic acid groups (broad SMARTS) is 1. The Morgan fingerprint density at radius 2 is 2.03 bits per heavy atom. The highest BCUT2D eigenvalue weighted by molar-refractivity contribution is 6.29. The Balaban J connectivity index is 1.97. The van der Waals surface area contributed by atoms with Gasteiger partial charge in [0.1, 0.15) is 16.7 Å². The van der Waals surface area contributed by atoms with Crippen molar-refractivity contribution in [3.8, 4) is 11.3 Å². The SMILES string of the molecule is Cn1c2c(c(C(=O)O)c1C(C(=O)OC(C)(C)C)C1(N)CNC1)CCc1cnc(Cl)cc1-2. The van der Waals surface area contributed by atoms with E-state index >= 15 is 0 Å². The van der Waals surface area contributed by atoms with Gasteiger partial charge in [0.15, 0.2) is 0 Å². The number of nitrogens with two attached hydrogens (primary N) is 1. The molecule has 2 aromatic rings. The molecule has 3 heterocycles. The van der Waals surface area contributed by atoms with Crippen LogP contribution < -0.4 is 11.1 Å². The molecule has 1 atom stereocenters. The Bertz CT molecular complexity index is 1080. The Hall–Kier alpha value is -2.42. The third kappa shape index (κ3) is 3.62. The second-order valence-corrected chi connectivity index (χ2v) is 9.81. The zero-order valence-electron chi connectivity index (χ0n) is 18.1. The number of nitrogens with one attached hydrogen (secondary N) is 1. The van der Waals surface area contributed by atoms with Gasteiger partial charge >= 0.3 is 11.9 Å². The summed E-state index contributed by atoms with van der Waals surface area (Å²) >= 11 is 6.16. The minimum Gasteiger partial charge on any atom is -0.478 e. The van der Waals surface area contributed by atoms with E-state index < -0.39 is 29.0 Å². The number of carbonyl (C=O) groups is 2. The van der Waals surface area contributed by atoms with Gasteiger partial charge < -0.3 is 25.5 Å². The first-order valence-electron chi connectivity index (χ1n) is 10.2. The topological polar surface area (TPSA) is 119 Å². The van der Waals surface area contributed by atoms with E-state index in [0.29, 0.717) is 42.3 Å². The van der Waals surface area contributed by atoms with Crippen LogP contribution in [0.2, 0.25) is 5.15 Å². The fraction of sp³-hybridized carbons (Fsp3) is 0.500.